The number of likely N-dealkylation sites (tertiary alicyclic amines) is 2. The second-order valence-electron chi connectivity index (χ2n) is 6.62. The summed E-state index contributed by atoms with van der Waals surface area (Å²) in [4.78, 5) is 15.8. The molecule has 0 unspecified atom stereocenters. The average Bonchev–Trinajstić information content (AvgIpc) is 2.57. The zero-order valence-electron chi connectivity index (χ0n) is 11.4. The number of β-amino-alcohol motifs (C(OH)–C–C–N with tert-alkyl or cyclic N) is 1. The highest BCUT2D eigenvalue weighted by Gasteiger charge is 2.44. The van der Waals surface area contributed by atoms with Gasteiger partial charge < -0.3 is 14.9 Å². The molecule has 2 heterocycles. The summed E-state index contributed by atoms with van der Waals surface area (Å²) >= 11 is 0. The van der Waals surface area contributed by atoms with Crippen molar-refractivity contribution < 1.29 is 9.90 Å². The van der Waals surface area contributed by atoms with Gasteiger partial charge in [0, 0.05) is 13.1 Å². The zero-order chi connectivity index (χ0) is 12.8. The van der Waals surface area contributed by atoms with Gasteiger partial charge in [0.15, 0.2) is 0 Å². The fourth-order valence-corrected chi connectivity index (χ4v) is 2.73. The van der Waals surface area contributed by atoms with Crippen molar-refractivity contribution >= 4 is 6.03 Å². The Labute approximate surface area is 104 Å². The quantitative estimate of drug-likeness (QED) is 0.755. The summed E-state index contributed by atoms with van der Waals surface area (Å²) in [5, 5.41) is 9.65. The van der Waals surface area contributed by atoms with Crippen LogP contribution in [0.3, 0.4) is 0 Å². The molecule has 2 aliphatic heterocycles. The number of aliphatic hydroxyl groups is 1. The van der Waals surface area contributed by atoms with Crippen molar-refractivity contribution in [1.82, 2.24) is 9.80 Å². The standard InChI is InChI=1S/C13H24N2O2/c1-10(2)12(3)5-6-14(7-12)11(16)15-8-13(4,17)9-15/h10,17H,5-9H2,1-4H3/t12-/m0/s1. The molecule has 0 aliphatic carbocycles. The Morgan fingerprint density at radius 2 is 1.76 bits per heavy atom. The maximum absolute atomic E-state index is 12.2. The molecule has 2 fully saturated rings. The lowest BCUT2D eigenvalue weighted by atomic mass is 9.78. The van der Waals surface area contributed by atoms with Gasteiger partial charge in [0.1, 0.15) is 0 Å². The van der Waals surface area contributed by atoms with Gasteiger partial charge in [-0.2, -0.15) is 0 Å². The highest BCUT2D eigenvalue weighted by Crippen LogP contribution is 2.38. The lowest BCUT2D eigenvalue weighted by molar-refractivity contribution is -0.0661. The third-order valence-corrected chi connectivity index (χ3v) is 4.50. The Balaban J connectivity index is 1.91. The Hall–Kier alpha value is -0.770. The molecule has 0 saturated carbocycles. The first-order valence-electron chi connectivity index (χ1n) is 6.50. The lowest BCUT2D eigenvalue weighted by Crippen LogP contribution is -2.64. The molecule has 1 N–H and O–H groups in total. The van der Waals surface area contributed by atoms with Gasteiger partial charge in [0.25, 0.3) is 0 Å². The number of nitrogens with zero attached hydrogens (tertiary/aromatic N) is 2. The van der Waals surface area contributed by atoms with E-state index in [1.165, 1.54) is 0 Å². The van der Waals surface area contributed by atoms with Crippen molar-refractivity contribution in [3.63, 3.8) is 0 Å². The van der Waals surface area contributed by atoms with Crippen LogP contribution in [0.2, 0.25) is 0 Å². The number of amides is 2. The SMILES string of the molecule is CC(C)[C@@]1(C)CCN(C(=O)N2CC(C)(O)C2)C1. The minimum Gasteiger partial charge on any atom is -0.386 e. The van der Waals surface area contributed by atoms with E-state index in [0.717, 1.165) is 19.5 Å². The summed E-state index contributed by atoms with van der Waals surface area (Å²) in [6, 6.07) is 0.0981. The minimum atomic E-state index is -0.670. The van der Waals surface area contributed by atoms with Crippen LogP contribution in [0.25, 0.3) is 0 Å². The van der Waals surface area contributed by atoms with Crippen LogP contribution in [0.15, 0.2) is 0 Å². The van der Waals surface area contributed by atoms with Crippen molar-refractivity contribution in [1.29, 1.82) is 0 Å². The maximum atomic E-state index is 12.2. The first-order chi connectivity index (χ1) is 7.73. The van der Waals surface area contributed by atoms with Crippen LogP contribution in [0, 0.1) is 11.3 Å². The highest BCUT2D eigenvalue weighted by molar-refractivity contribution is 5.76. The predicted octanol–water partition coefficient (Wildman–Crippen LogP) is 1.54. The van der Waals surface area contributed by atoms with E-state index in [1.54, 1.807) is 11.8 Å². The minimum absolute atomic E-state index is 0.0981. The fraction of sp³-hybridized carbons (Fsp3) is 0.923. The number of hydrogen-bond donors (Lipinski definition) is 1. The number of carbonyl (C=O) groups is 1. The lowest BCUT2D eigenvalue weighted by Gasteiger charge is -2.45. The average molecular weight is 240 g/mol. The summed E-state index contributed by atoms with van der Waals surface area (Å²) in [7, 11) is 0. The van der Waals surface area contributed by atoms with Gasteiger partial charge in [0.2, 0.25) is 0 Å². The first-order valence-corrected chi connectivity index (χ1v) is 6.50. The van der Waals surface area contributed by atoms with Crippen LogP contribution in [0.1, 0.15) is 34.1 Å². The van der Waals surface area contributed by atoms with Gasteiger partial charge in [0.05, 0.1) is 18.7 Å². The van der Waals surface area contributed by atoms with E-state index in [4.69, 9.17) is 0 Å². The molecule has 2 amide bonds. The van der Waals surface area contributed by atoms with E-state index in [9.17, 15) is 9.90 Å². The number of rotatable bonds is 1. The Kier molecular flexibility index (Phi) is 2.89. The molecule has 4 heteroatoms. The summed E-state index contributed by atoms with van der Waals surface area (Å²) in [5.74, 6) is 0.597. The third-order valence-electron chi connectivity index (χ3n) is 4.50. The second kappa shape index (κ2) is 3.87. The van der Waals surface area contributed by atoms with Crippen molar-refractivity contribution in [3.8, 4) is 0 Å². The maximum Gasteiger partial charge on any atom is 0.320 e. The van der Waals surface area contributed by atoms with Crippen molar-refractivity contribution in [2.75, 3.05) is 26.2 Å². The summed E-state index contributed by atoms with van der Waals surface area (Å²) in [5.41, 5.74) is -0.417. The van der Waals surface area contributed by atoms with Crippen LogP contribution >= 0.6 is 0 Å². The van der Waals surface area contributed by atoms with Gasteiger partial charge in [-0.3, -0.25) is 0 Å². The molecule has 0 bridgehead atoms. The van der Waals surface area contributed by atoms with Gasteiger partial charge >= 0.3 is 6.03 Å². The van der Waals surface area contributed by atoms with Gasteiger partial charge in [-0.05, 0) is 24.7 Å². The number of urea groups is 1. The molecule has 17 heavy (non-hydrogen) atoms. The van der Waals surface area contributed by atoms with Crippen molar-refractivity contribution in [3.05, 3.63) is 0 Å². The molecule has 0 aromatic rings. The van der Waals surface area contributed by atoms with Gasteiger partial charge in [-0.1, -0.05) is 20.8 Å². The molecule has 98 valence electrons. The first kappa shape index (κ1) is 12.7. The fourth-order valence-electron chi connectivity index (χ4n) is 2.73. The molecule has 2 aliphatic rings. The predicted molar refractivity (Wildman–Crippen MR) is 66.7 cm³/mol. The number of hydrogen-bond acceptors (Lipinski definition) is 2. The molecule has 1 atom stereocenters. The molecule has 0 aromatic heterocycles. The topological polar surface area (TPSA) is 43.8 Å². The van der Waals surface area contributed by atoms with Gasteiger partial charge in [-0.25, -0.2) is 4.79 Å². The van der Waals surface area contributed by atoms with Crippen LogP contribution < -0.4 is 0 Å². The molecule has 4 nitrogen and oxygen atoms in total. The summed E-state index contributed by atoms with van der Waals surface area (Å²) in [6.45, 7) is 11.1. The smallest absolute Gasteiger partial charge is 0.320 e. The van der Waals surface area contributed by atoms with Crippen LogP contribution in [0.4, 0.5) is 4.79 Å². The van der Waals surface area contributed by atoms with E-state index in [-0.39, 0.29) is 11.4 Å². The van der Waals surface area contributed by atoms with Crippen LogP contribution in [-0.4, -0.2) is 52.7 Å². The van der Waals surface area contributed by atoms with E-state index >= 15 is 0 Å². The zero-order valence-corrected chi connectivity index (χ0v) is 11.4. The third kappa shape index (κ3) is 2.28. The van der Waals surface area contributed by atoms with E-state index in [1.807, 2.05) is 4.90 Å². The Morgan fingerprint density at radius 3 is 2.18 bits per heavy atom. The molecular formula is C13H24N2O2. The Bertz CT molecular complexity index is 319. The van der Waals surface area contributed by atoms with E-state index in [0.29, 0.717) is 19.0 Å². The van der Waals surface area contributed by atoms with E-state index in [2.05, 4.69) is 20.8 Å². The second-order valence-corrected chi connectivity index (χ2v) is 6.62. The molecule has 2 rings (SSSR count). The van der Waals surface area contributed by atoms with Crippen LogP contribution in [-0.2, 0) is 0 Å². The molecule has 0 spiro atoms. The van der Waals surface area contributed by atoms with E-state index < -0.39 is 5.60 Å². The van der Waals surface area contributed by atoms with Crippen molar-refractivity contribution in [2.45, 2.75) is 39.7 Å². The van der Waals surface area contributed by atoms with Gasteiger partial charge in [-0.15, -0.1) is 0 Å². The molecule has 2 saturated heterocycles. The largest absolute Gasteiger partial charge is 0.386 e. The highest BCUT2D eigenvalue weighted by atomic mass is 16.3. The van der Waals surface area contributed by atoms with Crippen LogP contribution in [0.5, 0.6) is 0 Å². The molecular weight excluding hydrogens is 216 g/mol. The monoisotopic (exact) mass is 240 g/mol. The Morgan fingerprint density at radius 1 is 1.18 bits per heavy atom. The number of carbonyl (C=O) groups excluding carboxylic acids is 1. The molecule has 0 radical (unpaired) electrons. The normalized spacial score (nSPS) is 31.9. The van der Waals surface area contributed by atoms with Crippen molar-refractivity contribution in [2.24, 2.45) is 11.3 Å². The summed E-state index contributed by atoms with van der Waals surface area (Å²) in [6.07, 6.45) is 1.08. The molecule has 0 aromatic carbocycles. The summed E-state index contributed by atoms with van der Waals surface area (Å²) < 4.78 is 0.